The van der Waals surface area contributed by atoms with Gasteiger partial charge in [0.05, 0.1) is 13.0 Å². The SMILES string of the molecule is NCc1ccc(C(=O)NCC(=O)N2CCN(CC(=O)O)C(=O)[C@@H]2CC(=O)O)cc1. The number of rotatable bonds is 8. The van der Waals surface area contributed by atoms with Gasteiger partial charge in [-0.05, 0) is 17.7 Å². The second kappa shape index (κ2) is 9.64. The first-order chi connectivity index (χ1) is 13.7. The first kappa shape index (κ1) is 21.8. The van der Waals surface area contributed by atoms with Crippen LogP contribution in [0.4, 0.5) is 0 Å². The number of carboxylic acids is 2. The summed E-state index contributed by atoms with van der Waals surface area (Å²) in [5.41, 5.74) is 6.65. The van der Waals surface area contributed by atoms with Crippen LogP contribution in [0.5, 0.6) is 0 Å². The van der Waals surface area contributed by atoms with E-state index in [1.165, 1.54) is 0 Å². The van der Waals surface area contributed by atoms with E-state index in [2.05, 4.69) is 5.32 Å². The molecule has 0 bridgehead atoms. The van der Waals surface area contributed by atoms with Gasteiger partial charge in [0.25, 0.3) is 5.91 Å². The van der Waals surface area contributed by atoms with Gasteiger partial charge in [0.2, 0.25) is 11.8 Å². The van der Waals surface area contributed by atoms with Crippen LogP contribution in [-0.4, -0.2) is 81.9 Å². The summed E-state index contributed by atoms with van der Waals surface area (Å²) in [6.07, 6.45) is -0.658. The van der Waals surface area contributed by atoms with Crippen LogP contribution in [0.25, 0.3) is 0 Å². The summed E-state index contributed by atoms with van der Waals surface area (Å²) in [4.78, 5) is 61.2. The van der Waals surface area contributed by atoms with Crippen LogP contribution in [0.15, 0.2) is 24.3 Å². The number of carbonyl (C=O) groups excluding carboxylic acids is 3. The molecule has 0 spiro atoms. The van der Waals surface area contributed by atoms with Crippen molar-refractivity contribution < 1.29 is 34.2 Å². The smallest absolute Gasteiger partial charge is 0.323 e. The molecule has 0 saturated carbocycles. The molecule has 3 amide bonds. The van der Waals surface area contributed by atoms with Crippen LogP contribution >= 0.6 is 0 Å². The summed E-state index contributed by atoms with van der Waals surface area (Å²) >= 11 is 0. The van der Waals surface area contributed by atoms with Gasteiger partial charge in [-0.25, -0.2) is 0 Å². The molecule has 1 aromatic carbocycles. The van der Waals surface area contributed by atoms with Gasteiger partial charge in [-0.1, -0.05) is 12.1 Å². The van der Waals surface area contributed by atoms with E-state index in [4.69, 9.17) is 15.9 Å². The minimum absolute atomic E-state index is 0.0309. The lowest BCUT2D eigenvalue weighted by Crippen LogP contribution is -2.61. The van der Waals surface area contributed by atoms with E-state index in [1.54, 1.807) is 24.3 Å². The highest BCUT2D eigenvalue weighted by molar-refractivity contribution is 5.98. The van der Waals surface area contributed by atoms with Crippen LogP contribution in [-0.2, 0) is 25.7 Å². The fourth-order valence-corrected chi connectivity index (χ4v) is 2.97. The topological polar surface area (TPSA) is 170 Å². The van der Waals surface area contributed by atoms with Crippen molar-refractivity contribution in [3.8, 4) is 0 Å². The molecule has 0 aliphatic carbocycles. The number of benzene rings is 1. The van der Waals surface area contributed by atoms with Crippen molar-refractivity contribution >= 4 is 29.7 Å². The fourth-order valence-electron chi connectivity index (χ4n) is 2.97. The maximum atomic E-state index is 12.5. The Bertz CT molecular complexity index is 809. The Balaban J connectivity index is 2.03. The maximum Gasteiger partial charge on any atom is 0.323 e. The van der Waals surface area contributed by atoms with Crippen LogP contribution in [0.2, 0.25) is 0 Å². The van der Waals surface area contributed by atoms with Gasteiger partial charge in [0.1, 0.15) is 12.6 Å². The Kier molecular flexibility index (Phi) is 7.26. The maximum absolute atomic E-state index is 12.5. The van der Waals surface area contributed by atoms with E-state index in [1.807, 2.05) is 0 Å². The first-order valence-corrected chi connectivity index (χ1v) is 8.82. The third-order valence-corrected chi connectivity index (χ3v) is 4.45. The average Bonchev–Trinajstić information content (AvgIpc) is 2.68. The third-order valence-electron chi connectivity index (χ3n) is 4.45. The number of nitrogens with one attached hydrogen (secondary N) is 1. The molecule has 1 saturated heterocycles. The molecular weight excluding hydrogens is 384 g/mol. The molecule has 1 fully saturated rings. The molecule has 1 aliphatic heterocycles. The van der Waals surface area contributed by atoms with E-state index in [0.29, 0.717) is 12.1 Å². The second-order valence-electron chi connectivity index (χ2n) is 6.44. The number of carboxylic acid groups (broad SMARTS) is 2. The fraction of sp³-hybridized carbons (Fsp3) is 0.389. The highest BCUT2D eigenvalue weighted by atomic mass is 16.4. The van der Waals surface area contributed by atoms with E-state index in [-0.39, 0.29) is 13.1 Å². The lowest BCUT2D eigenvalue weighted by atomic mass is 10.1. The zero-order chi connectivity index (χ0) is 21.6. The lowest BCUT2D eigenvalue weighted by molar-refractivity contribution is -0.157. The normalized spacial score (nSPS) is 16.4. The van der Waals surface area contributed by atoms with E-state index >= 15 is 0 Å². The van der Waals surface area contributed by atoms with Crippen molar-refractivity contribution in [2.45, 2.75) is 19.0 Å². The number of nitrogens with two attached hydrogens (primary N) is 1. The van der Waals surface area contributed by atoms with E-state index < -0.39 is 55.2 Å². The summed E-state index contributed by atoms with van der Waals surface area (Å²) < 4.78 is 0. The van der Waals surface area contributed by atoms with Crippen molar-refractivity contribution in [2.75, 3.05) is 26.2 Å². The van der Waals surface area contributed by atoms with E-state index in [9.17, 15) is 24.0 Å². The monoisotopic (exact) mass is 406 g/mol. The molecule has 0 unspecified atom stereocenters. The molecule has 11 heteroatoms. The first-order valence-electron chi connectivity index (χ1n) is 8.82. The van der Waals surface area contributed by atoms with E-state index in [0.717, 1.165) is 15.4 Å². The lowest BCUT2D eigenvalue weighted by Gasteiger charge is -2.39. The van der Waals surface area contributed by atoms with Crippen LogP contribution in [0.3, 0.4) is 0 Å². The Morgan fingerprint density at radius 2 is 1.72 bits per heavy atom. The minimum Gasteiger partial charge on any atom is -0.481 e. The molecule has 5 N–H and O–H groups in total. The summed E-state index contributed by atoms with van der Waals surface area (Å²) in [6.45, 7) is -0.752. The van der Waals surface area contributed by atoms with Crippen molar-refractivity contribution in [2.24, 2.45) is 5.73 Å². The standard InChI is InChI=1S/C18H22N4O7/c19-8-11-1-3-12(4-2-11)17(28)20-9-14(23)22-6-5-21(10-16(26)27)18(29)13(22)7-15(24)25/h1-4,13H,5-10,19H2,(H,20,28)(H,24,25)(H,26,27)/t13-/m0/s1. The van der Waals surface area contributed by atoms with Crippen LogP contribution < -0.4 is 11.1 Å². The number of hydrogen-bond acceptors (Lipinski definition) is 6. The zero-order valence-electron chi connectivity index (χ0n) is 15.5. The summed E-state index contributed by atoms with van der Waals surface area (Å²) in [7, 11) is 0. The number of hydrogen-bond donors (Lipinski definition) is 4. The van der Waals surface area contributed by atoms with Gasteiger partial charge in [-0.15, -0.1) is 0 Å². The minimum atomic E-state index is -1.33. The quantitative estimate of drug-likeness (QED) is 0.403. The molecule has 2 rings (SSSR count). The molecule has 29 heavy (non-hydrogen) atoms. The summed E-state index contributed by atoms with van der Waals surface area (Å²) in [5, 5.41) is 20.4. The van der Waals surface area contributed by atoms with Crippen LogP contribution in [0, 0.1) is 0 Å². The molecule has 0 aromatic heterocycles. The third kappa shape index (κ3) is 5.75. The summed E-state index contributed by atoms with van der Waals surface area (Å²) in [5.74, 6) is -4.43. The molecule has 0 radical (unpaired) electrons. The second-order valence-corrected chi connectivity index (χ2v) is 6.44. The Morgan fingerprint density at radius 3 is 2.28 bits per heavy atom. The van der Waals surface area contributed by atoms with Crippen molar-refractivity contribution in [3.05, 3.63) is 35.4 Å². The Morgan fingerprint density at radius 1 is 1.07 bits per heavy atom. The van der Waals surface area contributed by atoms with Crippen molar-refractivity contribution in [1.82, 2.24) is 15.1 Å². The highest BCUT2D eigenvalue weighted by Gasteiger charge is 2.39. The molecule has 1 atom stereocenters. The molecular formula is C18H22N4O7. The Hall–Kier alpha value is -3.47. The predicted molar refractivity (Wildman–Crippen MR) is 98.6 cm³/mol. The van der Waals surface area contributed by atoms with Gasteiger partial charge in [0.15, 0.2) is 0 Å². The average molecular weight is 406 g/mol. The largest absolute Gasteiger partial charge is 0.481 e. The summed E-state index contributed by atoms with van der Waals surface area (Å²) in [6, 6.07) is 5.15. The predicted octanol–water partition coefficient (Wildman–Crippen LogP) is -1.53. The molecule has 1 aromatic rings. The molecule has 11 nitrogen and oxygen atoms in total. The van der Waals surface area contributed by atoms with Crippen molar-refractivity contribution in [1.29, 1.82) is 0 Å². The van der Waals surface area contributed by atoms with Crippen LogP contribution in [0.1, 0.15) is 22.3 Å². The van der Waals surface area contributed by atoms with Crippen molar-refractivity contribution in [3.63, 3.8) is 0 Å². The van der Waals surface area contributed by atoms with Gasteiger partial charge in [-0.2, -0.15) is 0 Å². The number of amides is 3. The number of aliphatic carboxylic acids is 2. The van der Waals surface area contributed by atoms with Gasteiger partial charge >= 0.3 is 11.9 Å². The number of nitrogens with zero attached hydrogens (tertiary/aromatic N) is 2. The molecule has 1 heterocycles. The molecule has 156 valence electrons. The molecule has 1 aliphatic rings. The number of carbonyl (C=O) groups is 5. The number of piperazine rings is 1. The Labute approximate surface area is 166 Å². The highest BCUT2D eigenvalue weighted by Crippen LogP contribution is 2.15. The van der Waals surface area contributed by atoms with Gasteiger partial charge < -0.3 is 31.1 Å². The van der Waals surface area contributed by atoms with Gasteiger partial charge in [-0.3, -0.25) is 24.0 Å². The zero-order valence-corrected chi connectivity index (χ0v) is 15.5. The van der Waals surface area contributed by atoms with Gasteiger partial charge in [0, 0.05) is 25.2 Å².